The Balaban J connectivity index is 0.00000235. The summed E-state index contributed by atoms with van der Waals surface area (Å²) in [6.45, 7) is 22.5. The largest absolute Gasteiger partial charge is 0.316 e. The van der Waals surface area contributed by atoms with Crippen LogP contribution in [0.1, 0.15) is 75.8 Å². The number of aliphatic imine (C=N–C) groups is 1. The summed E-state index contributed by atoms with van der Waals surface area (Å²) in [4.78, 5) is 7.82. The number of hydrogen-bond acceptors (Lipinski definition) is 2. The third-order valence-corrected chi connectivity index (χ3v) is 12.6. The van der Waals surface area contributed by atoms with Crippen LogP contribution in [0.3, 0.4) is 0 Å². The topological polar surface area (TPSA) is 20.5 Å². The standard InChI is InChI=1S/C56H47N3.C2H6/c1-36-21-17-18-34-58(43-28-20-25-41(35-43)39(4)57-53-37(2)22-19-31-44(53)38(3)40-23-9-7-10-24-40)54-49(36)50-45-29-13-15-32-47(45)56(5,6)52(50)55-51(54)46-30-14-16-33-48(46)59(55)42-26-11-8-12-27-42;1-2/h7-21,23-35,37H,1,3,22H2,2,4-6H3;1-2H3/b21-17-,34-18-,57-39?;. The van der Waals surface area contributed by atoms with Crippen molar-refractivity contribution in [2.45, 2.75) is 53.4 Å². The molecule has 0 radical (unpaired) electrons. The van der Waals surface area contributed by atoms with Gasteiger partial charge >= 0.3 is 0 Å². The van der Waals surface area contributed by atoms with Crippen molar-refractivity contribution in [3.8, 4) is 16.8 Å². The Morgan fingerprint density at radius 1 is 0.738 bits per heavy atom. The summed E-state index contributed by atoms with van der Waals surface area (Å²) in [5.74, 6) is 0.264. The van der Waals surface area contributed by atoms with Gasteiger partial charge in [-0.3, -0.25) is 4.99 Å². The fraction of sp³-hybridized carbons (Fsp3) is 0.155. The summed E-state index contributed by atoms with van der Waals surface area (Å²) in [7, 11) is 0. The van der Waals surface area contributed by atoms with E-state index < -0.39 is 0 Å². The van der Waals surface area contributed by atoms with Gasteiger partial charge in [0, 0.05) is 56.5 Å². The SMILES string of the molecule is C=C(C1=C(N=C(C)c2cccc(N3/C=C\C=C/C(=C)c4c5c(c6c(c43)c3ccccc3n6-c3ccccc3)C(C)(C)c3ccccc3-5)c2)C(C)CC=C1)c1ccccc1.CC. The summed E-state index contributed by atoms with van der Waals surface area (Å²) in [6.07, 6.45) is 14.1. The average Bonchev–Trinajstić information content (AvgIpc) is 3.75. The Morgan fingerprint density at radius 2 is 1.41 bits per heavy atom. The molecular weight excluding hydrogens is 739 g/mol. The molecule has 1 aliphatic heterocycles. The maximum atomic E-state index is 5.43. The summed E-state index contributed by atoms with van der Waals surface area (Å²) >= 11 is 0. The summed E-state index contributed by atoms with van der Waals surface area (Å²) in [5.41, 5.74) is 19.1. The highest BCUT2D eigenvalue weighted by Gasteiger charge is 2.42. The molecule has 0 saturated heterocycles. The van der Waals surface area contributed by atoms with Crippen molar-refractivity contribution in [1.82, 2.24) is 4.57 Å². The van der Waals surface area contributed by atoms with Crippen LogP contribution in [-0.4, -0.2) is 10.3 Å². The van der Waals surface area contributed by atoms with Crippen molar-refractivity contribution in [3.63, 3.8) is 0 Å². The Kier molecular flexibility index (Phi) is 10.3. The van der Waals surface area contributed by atoms with E-state index in [9.17, 15) is 0 Å². The molecule has 10 rings (SSSR count). The van der Waals surface area contributed by atoms with Crippen LogP contribution in [0, 0.1) is 5.92 Å². The first-order valence-electron chi connectivity index (χ1n) is 21.7. The zero-order valence-electron chi connectivity index (χ0n) is 36.2. The molecule has 1 atom stereocenters. The number of rotatable bonds is 6. The van der Waals surface area contributed by atoms with E-state index in [-0.39, 0.29) is 11.3 Å². The Labute approximate surface area is 361 Å². The number of fused-ring (bicyclic) bond motifs is 10. The Bertz CT molecular complexity index is 3030. The number of hydrogen-bond donors (Lipinski definition) is 0. The van der Waals surface area contributed by atoms with E-state index in [1.165, 1.54) is 44.1 Å². The van der Waals surface area contributed by atoms with Crippen molar-refractivity contribution >= 4 is 50.0 Å². The predicted molar refractivity (Wildman–Crippen MR) is 263 cm³/mol. The lowest BCUT2D eigenvalue weighted by Crippen LogP contribution is -2.19. The first-order chi connectivity index (χ1) is 29.7. The van der Waals surface area contributed by atoms with E-state index in [0.717, 1.165) is 68.3 Å². The molecule has 1 unspecified atom stereocenters. The van der Waals surface area contributed by atoms with Gasteiger partial charge in [-0.1, -0.05) is 175 Å². The van der Waals surface area contributed by atoms with Gasteiger partial charge in [0.05, 0.1) is 22.4 Å². The Morgan fingerprint density at radius 3 is 2.20 bits per heavy atom. The van der Waals surface area contributed by atoms with Gasteiger partial charge in [-0.2, -0.15) is 0 Å². The molecule has 61 heavy (non-hydrogen) atoms. The number of nitrogens with zero attached hydrogens (tertiary/aromatic N) is 3. The maximum Gasteiger partial charge on any atom is 0.0640 e. The fourth-order valence-electron chi connectivity index (χ4n) is 9.74. The third-order valence-electron chi connectivity index (χ3n) is 12.6. The normalized spacial score (nSPS) is 17.5. The third kappa shape index (κ3) is 6.48. The Hall–Kier alpha value is -6.97. The van der Waals surface area contributed by atoms with Crippen LogP contribution in [0.5, 0.6) is 0 Å². The predicted octanol–water partition coefficient (Wildman–Crippen LogP) is 15.7. The van der Waals surface area contributed by atoms with Gasteiger partial charge in [0.2, 0.25) is 0 Å². The highest BCUT2D eigenvalue weighted by molar-refractivity contribution is 6.23. The molecule has 2 aliphatic carbocycles. The van der Waals surface area contributed by atoms with Crippen LogP contribution in [0.25, 0.3) is 49.8 Å². The van der Waals surface area contributed by atoms with Crippen molar-refractivity contribution < 1.29 is 0 Å². The molecule has 0 spiro atoms. The molecule has 3 nitrogen and oxygen atoms in total. The number of aromatic nitrogens is 1. The molecule has 0 fully saturated rings. The average molecular weight is 792 g/mol. The molecule has 6 aromatic carbocycles. The zero-order chi connectivity index (χ0) is 42.4. The molecular formula is C58H53N3. The van der Waals surface area contributed by atoms with Gasteiger partial charge in [-0.05, 0) is 94.3 Å². The van der Waals surface area contributed by atoms with E-state index >= 15 is 0 Å². The minimum absolute atomic E-state index is 0.264. The second-order valence-electron chi connectivity index (χ2n) is 16.6. The molecule has 0 saturated carbocycles. The first-order valence-corrected chi connectivity index (χ1v) is 21.7. The van der Waals surface area contributed by atoms with Gasteiger partial charge in [0.25, 0.3) is 0 Å². The van der Waals surface area contributed by atoms with Gasteiger partial charge in [0.15, 0.2) is 0 Å². The van der Waals surface area contributed by atoms with Crippen LogP contribution < -0.4 is 4.90 Å². The maximum absolute atomic E-state index is 5.43. The number of para-hydroxylation sites is 2. The summed E-state index contributed by atoms with van der Waals surface area (Å²) < 4.78 is 2.50. The minimum Gasteiger partial charge on any atom is -0.316 e. The molecule has 2 heterocycles. The van der Waals surface area contributed by atoms with Crippen LogP contribution in [0.15, 0.2) is 199 Å². The molecule has 3 aliphatic rings. The van der Waals surface area contributed by atoms with Crippen LogP contribution in [0.4, 0.5) is 11.4 Å². The van der Waals surface area contributed by atoms with Crippen molar-refractivity contribution in [3.05, 3.63) is 222 Å². The van der Waals surface area contributed by atoms with Gasteiger partial charge in [0.1, 0.15) is 0 Å². The first kappa shape index (κ1) is 39.5. The van der Waals surface area contributed by atoms with Crippen molar-refractivity contribution in [1.29, 1.82) is 0 Å². The number of anilines is 2. The summed E-state index contributed by atoms with van der Waals surface area (Å²) in [5, 5.41) is 2.42. The minimum atomic E-state index is -0.272. The molecule has 3 heteroatoms. The second kappa shape index (κ2) is 15.9. The monoisotopic (exact) mass is 791 g/mol. The van der Waals surface area contributed by atoms with E-state index in [4.69, 9.17) is 11.6 Å². The number of benzene rings is 6. The number of allylic oxidation sites excluding steroid dienone is 9. The zero-order valence-corrected chi connectivity index (χ0v) is 36.2. The van der Waals surface area contributed by atoms with Crippen LogP contribution >= 0.6 is 0 Å². The molecule has 0 N–H and O–H groups in total. The van der Waals surface area contributed by atoms with Crippen LogP contribution in [-0.2, 0) is 5.41 Å². The lowest BCUT2D eigenvalue weighted by Gasteiger charge is -2.31. The molecule has 7 aromatic rings. The highest BCUT2D eigenvalue weighted by atomic mass is 15.1. The molecule has 0 bridgehead atoms. The van der Waals surface area contributed by atoms with Crippen molar-refractivity contribution in [2.75, 3.05) is 4.90 Å². The van der Waals surface area contributed by atoms with Crippen LogP contribution in [0.2, 0.25) is 0 Å². The fourth-order valence-corrected chi connectivity index (χ4v) is 9.74. The van der Waals surface area contributed by atoms with E-state index in [1.807, 2.05) is 19.9 Å². The van der Waals surface area contributed by atoms with E-state index in [0.29, 0.717) is 0 Å². The lowest BCUT2D eigenvalue weighted by molar-refractivity contribution is 0.664. The van der Waals surface area contributed by atoms with Crippen molar-refractivity contribution in [2.24, 2.45) is 10.9 Å². The van der Waals surface area contributed by atoms with E-state index in [2.05, 4.69) is 208 Å². The molecule has 0 amide bonds. The van der Waals surface area contributed by atoms with Gasteiger partial charge in [-0.15, -0.1) is 0 Å². The quantitative estimate of drug-likeness (QED) is 0.154. The molecule has 1 aromatic heterocycles. The van der Waals surface area contributed by atoms with Gasteiger partial charge in [-0.25, -0.2) is 0 Å². The van der Waals surface area contributed by atoms with Gasteiger partial charge < -0.3 is 9.47 Å². The second-order valence-corrected chi connectivity index (χ2v) is 16.6. The molecule has 300 valence electrons. The smallest absolute Gasteiger partial charge is 0.0640 e. The van der Waals surface area contributed by atoms with E-state index in [1.54, 1.807) is 0 Å². The summed E-state index contributed by atoms with van der Waals surface area (Å²) in [6, 6.07) is 48.0. The highest BCUT2D eigenvalue weighted by Crippen LogP contribution is 2.59. The lowest BCUT2D eigenvalue weighted by atomic mass is 9.79.